The number of anilines is 1. The van der Waals surface area contributed by atoms with Crippen LogP contribution in [0.2, 0.25) is 0 Å². The molecule has 1 fully saturated rings. The molecule has 0 aliphatic carbocycles. The van der Waals surface area contributed by atoms with Gasteiger partial charge in [-0.05, 0) is 85.4 Å². The fourth-order valence-electron chi connectivity index (χ4n) is 4.39. The second kappa shape index (κ2) is 9.23. The minimum atomic E-state index is -0.960. The molecule has 1 saturated heterocycles. The smallest absolute Gasteiger partial charge is 0.335 e. The molecule has 0 radical (unpaired) electrons. The Kier molecular flexibility index (Phi) is 5.96. The van der Waals surface area contributed by atoms with Gasteiger partial charge in [-0.15, -0.1) is 0 Å². The molecule has 35 heavy (non-hydrogen) atoms. The van der Waals surface area contributed by atoms with E-state index in [9.17, 15) is 9.90 Å². The standard InChI is InChI=1S/C27H23N3O4S/c1-16-15-17(26(31)32)6-11-20(16)22-12-13-23(34-22)25-24(21-5-3-4-14-28-21)29-27(35)30(25)18-7-9-19(33-2)10-8-18/h3-15,24-25H,1-2H3,(H,29,35)(H,31,32)/t24-,25+/m1/s1. The number of carboxylic acids is 1. The summed E-state index contributed by atoms with van der Waals surface area (Å²) < 4.78 is 11.7. The van der Waals surface area contributed by atoms with Gasteiger partial charge in [0.2, 0.25) is 0 Å². The molecule has 0 unspecified atom stereocenters. The number of methoxy groups -OCH3 is 1. The monoisotopic (exact) mass is 485 g/mol. The fraction of sp³-hybridized carbons (Fsp3) is 0.148. The second-order valence-electron chi connectivity index (χ2n) is 8.23. The molecular weight excluding hydrogens is 462 g/mol. The third-order valence-corrected chi connectivity index (χ3v) is 6.42. The molecule has 0 bridgehead atoms. The van der Waals surface area contributed by atoms with E-state index in [1.807, 2.05) is 66.4 Å². The van der Waals surface area contributed by atoms with Crippen LogP contribution in [0.3, 0.4) is 0 Å². The molecule has 176 valence electrons. The van der Waals surface area contributed by atoms with Crippen LogP contribution in [0, 0.1) is 6.92 Å². The highest BCUT2D eigenvalue weighted by Gasteiger charge is 2.42. The lowest BCUT2D eigenvalue weighted by Gasteiger charge is -2.26. The van der Waals surface area contributed by atoms with Gasteiger partial charge in [-0.2, -0.15) is 0 Å². The molecule has 0 spiro atoms. The van der Waals surface area contributed by atoms with Crippen molar-refractivity contribution in [3.63, 3.8) is 0 Å². The van der Waals surface area contributed by atoms with Crippen LogP contribution in [0.1, 0.15) is 39.5 Å². The van der Waals surface area contributed by atoms with E-state index in [1.54, 1.807) is 31.5 Å². The van der Waals surface area contributed by atoms with E-state index in [0.29, 0.717) is 16.6 Å². The fourth-order valence-corrected chi connectivity index (χ4v) is 4.74. The Labute approximate surface area is 208 Å². The Balaban J connectivity index is 1.57. The van der Waals surface area contributed by atoms with Gasteiger partial charge in [0.05, 0.1) is 24.4 Å². The molecule has 4 aromatic rings. The van der Waals surface area contributed by atoms with Gasteiger partial charge in [0.25, 0.3) is 0 Å². The number of nitrogens with zero attached hydrogens (tertiary/aromatic N) is 2. The number of pyridine rings is 1. The summed E-state index contributed by atoms with van der Waals surface area (Å²) in [5, 5.41) is 13.3. The number of aromatic carboxylic acids is 1. The molecule has 2 atom stereocenters. The topological polar surface area (TPSA) is 87.8 Å². The summed E-state index contributed by atoms with van der Waals surface area (Å²) in [5.74, 6) is 1.16. The molecule has 7 nitrogen and oxygen atoms in total. The lowest BCUT2D eigenvalue weighted by atomic mass is 10.0. The number of aromatic nitrogens is 1. The van der Waals surface area contributed by atoms with Crippen molar-refractivity contribution in [2.45, 2.75) is 19.0 Å². The number of furan rings is 1. The van der Waals surface area contributed by atoms with Gasteiger partial charge in [-0.1, -0.05) is 12.1 Å². The number of hydrogen-bond donors (Lipinski definition) is 2. The minimum absolute atomic E-state index is 0.236. The summed E-state index contributed by atoms with van der Waals surface area (Å²) in [7, 11) is 1.63. The highest BCUT2D eigenvalue weighted by Crippen LogP contribution is 2.43. The number of nitrogens with one attached hydrogen (secondary N) is 1. The Bertz CT molecular complexity index is 1390. The third kappa shape index (κ3) is 4.24. The average molecular weight is 486 g/mol. The molecule has 0 saturated carbocycles. The van der Waals surface area contributed by atoms with Crippen molar-refractivity contribution < 1.29 is 19.1 Å². The maximum Gasteiger partial charge on any atom is 0.335 e. The van der Waals surface area contributed by atoms with Gasteiger partial charge in [-0.3, -0.25) is 4.98 Å². The molecule has 3 heterocycles. The number of thiocarbonyl (C=S) groups is 1. The zero-order chi connectivity index (χ0) is 24.5. The maximum absolute atomic E-state index is 11.3. The van der Waals surface area contributed by atoms with Gasteiger partial charge in [0.1, 0.15) is 23.3 Å². The largest absolute Gasteiger partial charge is 0.497 e. The number of rotatable bonds is 6. The normalized spacial score (nSPS) is 17.3. The summed E-state index contributed by atoms with van der Waals surface area (Å²) in [4.78, 5) is 17.9. The number of ether oxygens (including phenoxy) is 1. The van der Waals surface area contributed by atoms with Gasteiger partial charge < -0.3 is 24.5 Å². The number of hydrogen-bond acceptors (Lipinski definition) is 5. The van der Waals surface area contributed by atoms with Crippen LogP contribution in [0.15, 0.2) is 83.4 Å². The Morgan fingerprint density at radius 2 is 1.91 bits per heavy atom. The van der Waals surface area contributed by atoms with Crippen molar-refractivity contribution in [1.29, 1.82) is 0 Å². The van der Waals surface area contributed by atoms with Gasteiger partial charge >= 0.3 is 5.97 Å². The van der Waals surface area contributed by atoms with Crippen LogP contribution in [0.25, 0.3) is 11.3 Å². The van der Waals surface area contributed by atoms with E-state index in [1.165, 1.54) is 0 Å². The van der Waals surface area contributed by atoms with Crippen LogP contribution in [-0.2, 0) is 0 Å². The average Bonchev–Trinajstić information content (AvgIpc) is 3.49. The summed E-state index contributed by atoms with van der Waals surface area (Å²) in [6.45, 7) is 1.87. The molecule has 0 amide bonds. The SMILES string of the molecule is COc1ccc(N2C(=S)N[C@H](c3ccccn3)[C@@H]2c2ccc(-c3ccc(C(=O)O)cc3C)o2)cc1. The molecule has 2 aromatic carbocycles. The third-order valence-electron chi connectivity index (χ3n) is 6.11. The molecule has 2 aromatic heterocycles. The van der Waals surface area contributed by atoms with E-state index in [2.05, 4.69) is 10.3 Å². The summed E-state index contributed by atoms with van der Waals surface area (Å²) in [6.07, 6.45) is 1.76. The van der Waals surface area contributed by atoms with Crippen molar-refractivity contribution in [1.82, 2.24) is 10.3 Å². The van der Waals surface area contributed by atoms with Gasteiger partial charge in [0.15, 0.2) is 5.11 Å². The first kappa shape index (κ1) is 22.6. The van der Waals surface area contributed by atoms with Crippen molar-refractivity contribution in [2.24, 2.45) is 0 Å². The summed E-state index contributed by atoms with van der Waals surface area (Å²) in [6, 6.07) is 21.8. The lowest BCUT2D eigenvalue weighted by molar-refractivity contribution is 0.0696. The molecule has 2 N–H and O–H groups in total. The maximum atomic E-state index is 11.3. The summed E-state index contributed by atoms with van der Waals surface area (Å²) >= 11 is 5.76. The van der Waals surface area contributed by atoms with Crippen LogP contribution < -0.4 is 15.0 Å². The van der Waals surface area contributed by atoms with Crippen molar-refractivity contribution >= 4 is 29.0 Å². The Morgan fingerprint density at radius 3 is 2.57 bits per heavy atom. The first-order valence-corrected chi connectivity index (χ1v) is 11.5. The highest BCUT2D eigenvalue weighted by atomic mass is 32.1. The molecule has 5 rings (SSSR count). The van der Waals surface area contributed by atoms with Crippen LogP contribution in [0.4, 0.5) is 5.69 Å². The van der Waals surface area contributed by atoms with Crippen LogP contribution in [0.5, 0.6) is 5.75 Å². The van der Waals surface area contributed by atoms with E-state index >= 15 is 0 Å². The predicted octanol–water partition coefficient (Wildman–Crippen LogP) is 5.53. The first-order chi connectivity index (χ1) is 17.0. The van der Waals surface area contributed by atoms with Crippen molar-refractivity contribution in [3.8, 4) is 17.1 Å². The Morgan fingerprint density at radius 1 is 1.11 bits per heavy atom. The molecule has 1 aliphatic heterocycles. The molecule has 8 heteroatoms. The van der Waals surface area contributed by atoms with E-state index in [0.717, 1.165) is 28.3 Å². The van der Waals surface area contributed by atoms with Crippen molar-refractivity contribution in [3.05, 3.63) is 102 Å². The zero-order valence-corrected chi connectivity index (χ0v) is 20.0. The van der Waals surface area contributed by atoms with E-state index < -0.39 is 5.97 Å². The lowest BCUT2D eigenvalue weighted by Crippen LogP contribution is -2.29. The van der Waals surface area contributed by atoms with Crippen LogP contribution in [-0.4, -0.2) is 28.3 Å². The predicted molar refractivity (Wildman–Crippen MR) is 137 cm³/mol. The van der Waals surface area contributed by atoms with Gasteiger partial charge in [-0.25, -0.2) is 4.79 Å². The van der Waals surface area contributed by atoms with Crippen LogP contribution >= 0.6 is 12.2 Å². The molecule has 1 aliphatic rings. The minimum Gasteiger partial charge on any atom is -0.497 e. The van der Waals surface area contributed by atoms with E-state index in [-0.39, 0.29) is 17.6 Å². The number of benzene rings is 2. The quantitative estimate of drug-likeness (QED) is 0.345. The molecular formula is C27H23N3O4S. The Hall–Kier alpha value is -4.17. The van der Waals surface area contributed by atoms with E-state index in [4.69, 9.17) is 21.4 Å². The summed E-state index contributed by atoms with van der Waals surface area (Å²) in [5.41, 5.74) is 3.63. The van der Waals surface area contributed by atoms with Gasteiger partial charge in [0, 0.05) is 17.4 Å². The number of carboxylic acid groups (broad SMARTS) is 1. The number of aryl methyl sites for hydroxylation is 1. The number of carbonyl (C=O) groups is 1. The zero-order valence-electron chi connectivity index (χ0n) is 19.1. The van der Waals surface area contributed by atoms with Crippen molar-refractivity contribution in [2.75, 3.05) is 12.0 Å². The second-order valence-corrected chi connectivity index (χ2v) is 8.62. The first-order valence-electron chi connectivity index (χ1n) is 11.0. The highest BCUT2D eigenvalue weighted by molar-refractivity contribution is 7.80.